The SMILES string of the molecule is CN1C2CCCC1CC(c1ncc(Br)cn1)C2. The Morgan fingerprint density at radius 1 is 1.18 bits per heavy atom. The number of fused-ring (bicyclic) bond motifs is 2. The highest BCUT2D eigenvalue weighted by Crippen LogP contribution is 2.39. The summed E-state index contributed by atoms with van der Waals surface area (Å²) >= 11 is 3.39. The van der Waals surface area contributed by atoms with E-state index in [9.17, 15) is 0 Å². The minimum Gasteiger partial charge on any atom is -0.300 e. The molecule has 3 rings (SSSR count). The lowest BCUT2D eigenvalue weighted by Gasteiger charge is -2.46. The van der Waals surface area contributed by atoms with Gasteiger partial charge in [-0.05, 0) is 48.7 Å². The Labute approximate surface area is 111 Å². The Morgan fingerprint density at radius 3 is 2.35 bits per heavy atom. The van der Waals surface area contributed by atoms with Gasteiger partial charge < -0.3 is 4.90 Å². The van der Waals surface area contributed by atoms with Crippen molar-refractivity contribution in [2.24, 2.45) is 0 Å². The normalized spacial score (nSPS) is 33.6. The largest absolute Gasteiger partial charge is 0.300 e. The molecule has 0 N–H and O–H groups in total. The summed E-state index contributed by atoms with van der Waals surface area (Å²) < 4.78 is 0.967. The first-order valence-electron chi connectivity index (χ1n) is 6.43. The number of aromatic nitrogens is 2. The fraction of sp³-hybridized carbons (Fsp3) is 0.692. The van der Waals surface area contributed by atoms with Crippen LogP contribution in [0, 0.1) is 0 Å². The molecule has 2 bridgehead atoms. The van der Waals surface area contributed by atoms with Crippen LogP contribution >= 0.6 is 15.9 Å². The monoisotopic (exact) mass is 295 g/mol. The van der Waals surface area contributed by atoms with Gasteiger partial charge in [-0.25, -0.2) is 9.97 Å². The molecule has 0 radical (unpaired) electrons. The molecular weight excluding hydrogens is 278 g/mol. The van der Waals surface area contributed by atoms with E-state index >= 15 is 0 Å². The van der Waals surface area contributed by atoms with E-state index in [4.69, 9.17) is 0 Å². The molecule has 1 aromatic heterocycles. The van der Waals surface area contributed by atoms with Crippen LogP contribution in [-0.2, 0) is 0 Å². The molecule has 2 aliphatic heterocycles. The summed E-state index contributed by atoms with van der Waals surface area (Å²) in [4.78, 5) is 11.5. The van der Waals surface area contributed by atoms with Crippen molar-refractivity contribution in [1.29, 1.82) is 0 Å². The van der Waals surface area contributed by atoms with Gasteiger partial charge in [0, 0.05) is 30.4 Å². The molecule has 3 heterocycles. The van der Waals surface area contributed by atoms with E-state index in [0.29, 0.717) is 5.92 Å². The fourth-order valence-electron chi connectivity index (χ4n) is 3.36. The van der Waals surface area contributed by atoms with E-state index in [1.807, 2.05) is 12.4 Å². The zero-order valence-corrected chi connectivity index (χ0v) is 11.7. The Morgan fingerprint density at radius 2 is 1.76 bits per heavy atom. The van der Waals surface area contributed by atoms with Crippen molar-refractivity contribution in [3.8, 4) is 0 Å². The van der Waals surface area contributed by atoms with Crippen molar-refractivity contribution in [2.45, 2.75) is 50.1 Å². The molecule has 1 aromatic rings. The van der Waals surface area contributed by atoms with Gasteiger partial charge in [-0.1, -0.05) is 6.42 Å². The molecule has 3 nitrogen and oxygen atoms in total. The molecule has 0 saturated carbocycles. The van der Waals surface area contributed by atoms with Crippen molar-refractivity contribution in [2.75, 3.05) is 7.05 Å². The molecule has 2 aliphatic rings. The van der Waals surface area contributed by atoms with Gasteiger partial charge in [0.25, 0.3) is 0 Å². The number of halogens is 1. The van der Waals surface area contributed by atoms with Crippen molar-refractivity contribution in [1.82, 2.24) is 14.9 Å². The van der Waals surface area contributed by atoms with Crippen LogP contribution in [0.25, 0.3) is 0 Å². The molecule has 92 valence electrons. The molecule has 2 saturated heterocycles. The summed E-state index contributed by atoms with van der Waals surface area (Å²) in [6.07, 6.45) is 10.3. The lowest BCUT2D eigenvalue weighted by molar-refractivity contribution is 0.0538. The van der Waals surface area contributed by atoms with Gasteiger partial charge in [-0.2, -0.15) is 0 Å². The van der Waals surface area contributed by atoms with Crippen molar-refractivity contribution in [3.63, 3.8) is 0 Å². The van der Waals surface area contributed by atoms with Gasteiger partial charge in [0.2, 0.25) is 0 Å². The number of hydrogen-bond donors (Lipinski definition) is 0. The topological polar surface area (TPSA) is 29.0 Å². The zero-order valence-electron chi connectivity index (χ0n) is 10.1. The van der Waals surface area contributed by atoms with E-state index < -0.39 is 0 Å². The molecule has 17 heavy (non-hydrogen) atoms. The number of rotatable bonds is 1. The Kier molecular flexibility index (Phi) is 3.17. The first-order chi connectivity index (χ1) is 8.24. The first kappa shape index (κ1) is 11.6. The fourth-order valence-corrected chi connectivity index (χ4v) is 3.56. The van der Waals surface area contributed by atoms with Crippen LogP contribution in [0.1, 0.15) is 43.8 Å². The maximum absolute atomic E-state index is 4.48. The van der Waals surface area contributed by atoms with E-state index in [2.05, 4.69) is 37.8 Å². The second-order valence-electron chi connectivity index (χ2n) is 5.33. The Bertz CT molecular complexity index is 378. The Hall–Kier alpha value is -0.480. The summed E-state index contributed by atoms with van der Waals surface area (Å²) in [5, 5.41) is 0. The van der Waals surface area contributed by atoms with E-state index in [0.717, 1.165) is 22.4 Å². The highest BCUT2D eigenvalue weighted by molar-refractivity contribution is 9.10. The summed E-state index contributed by atoms with van der Waals surface area (Å²) in [6, 6.07) is 1.50. The third-order valence-corrected chi connectivity index (χ3v) is 4.75. The van der Waals surface area contributed by atoms with Crippen LogP contribution in [0.15, 0.2) is 16.9 Å². The van der Waals surface area contributed by atoms with Crippen molar-refractivity contribution in [3.05, 3.63) is 22.7 Å². The van der Waals surface area contributed by atoms with E-state index in [1.165, 1.54) is 32.1 Å². The molecule has 0 aliphatic carbocycles. The molecule has 4 heteroatoms. The number of hydrogen-bond acceptors (Lipinski definition) is 3. The zero-order chi connectivity index (χ0) is 11.8. The van der Waals surface area contributed by atoms with Crippen LogP contribution in [0.4, 0.5) is 0 Å². The summed E-state index contributed by atoms with van der Waals surface area (Å²) in [6.45, 7) is 0. The van der Waals surface area contributed by atoms with Crippen LogP contribution in [-0.4, -0.2) is 34.0 Å². The summed E-state index contributed by atoms with van der Waals surface area (Å²) in [5.41, 5.74) is 0. The lowest BCUT2D eigenvalue weighted by atomic mass is 9.78. The van der Waals surface area contributed by atoms with Gasteiger partial charge in [0.05, 0.1) is 4.47 Å². The average Bonchev–Trinajstić information content (AvgIpc) is 2.30. The maximum atomic E-state index is 4.48. The van der Waals surface area contributed by atoms with Crippen LogP contribution in [0.3, 0.4) is 0 Å². The average molecular weight is 296 g/mol. The summed E-state index contributed by atoms with van der Waals surface area (Å²) in [5.74, 6) is 1.60. The van der Waals surface area contributed by atoms with Crippen LogP contribution in [0.5, 0.6) is 0 Å². The number of nitrogens with zero attached hydrogens (tertiary/aromatic N) is 3. The minimum atomic E-state index is 0.564. The van der Waals surface area contributed by atoms with Crippen molar-refractivity contribution < 1.29 is 0 Å². The molecule has 0 spiro atoms. The van der Waals surface area contributed by atoms with Gasteiger partial charge in [-0.15, -0.1) is 0 Å². The highest BCUT2D eigenvalue weighted by Gasteiger charge is 2.37. The van der Waals surface area contributed by atoms with E-state index in [-0.39, 0.29) is 0 Å². The van der Waals surface area contributed by atoms with Gasteiger partial charge in [-0.3, -0.25) is 0 Å². The third-order valence-electron chi connectivity index (χ3n) is 4.35. The Balaban J connectivity index is 1.79. The van der Waals surface area contributed by atoms with Crippen LogP contribution < -0.4 is 0 Å². The first-order valence-corrected chi connectivity index (χ1v) is 7.22. The van der Waals surface area contributed by atoms with Gasteiger partial charge in [0.15, 0.2) is 0 Å². The van der Waals surface area contributed by atoms with Crippen molar-refractivity contribution >= 4 is 15.9 Å². The molecular formula is C13H18BrN3. The maximum Gasteiger partial charge on any atom is 0.131 e. The predicted molar refractivity (Wildman–Crippen MR) is 70.9 cm³/mol. The smallest absolute Gasteiger partial charge is 0.131 e. The van der Waals surface area contributed by atoms with Crippen LogP contribution in [0.2, 0.25) is 0 Å². The third kappa shape index (κ3) is 2.25. The minimum absolute atomic E-state index is 0.564. The second-order valence-corrected chi connectivity index (χ2v) is 6.25. The highest BCUT2D eigenvalue weighted by atomic mass is 79.9. The molecule has 2 fully saturated rings. The number of piperidine rings is 2. The quantitative estimate of drug-likeness (QED) is 0.798. The van der Waals surface area contributed by atoms with Gasteiger partial charge in [0.1, 0.15) is 5.82 Å². The predicted octanol–water partition coefficient (Wildman–Crippen LogP) is 2.97. The summed E-state index contributed by atoms with van der Waals surface area (Å²) in [7, 11) is 2.28. The molecule has 0 aromatic carbocycles. The molecule has 2 atom stereocenters. The van der Waals surface area contributed by atoms with E-state index in [1.54, 1.807) is 0 Å². The molecule has 0 amide bonds. The molecule has 2 unspecified atom stereocenters. The van der Waals surface area contributed by atoms with Gasteiger partial charge >= 0.3 is 0 Å². The lowest BCUT2D eigenvalue weighted by Crippen LogP contribution is -2.49. The second kappa shape index (κ2) is 4.65. The standard InChI is InChI=1S/C13H18BrN3/c1-17-11-3-2-4-12(17)6-9(5-11)13-15-7-10(14)8-16-13/h7-9,11-12H,2-6H2,1H3.